The summed E-state index contributed by atoms with van der Waals surface area (Å²) in [5.74, 6) is -0.634. The Morgan fingerprint density at radius 3 is 2.14 bits per heavy atom. The fourth-order valence-electron chi connectivity index (χ4n) is 4.31. The van der Waals surface area contributed by atoms with Gasteiger partial charge in [0.2, 0.25) is 11.8 Å². The summed E-state index contributed by atoms with van der Waals surface area (Å²) in [6.45, 7) is 4.34. The Morgan fingerprint density at radius 2 is 1.60 bits per heavy atom. The van der Waals surface area contributed by atoms with Gasteiger partial charge in [0.25, 0.3) is 10.0 Å². The van der Waals surface area contributed by atoms with Crippen molar-refractivity contribution in [3.63, 3.8) is 0 Å². The lowest BCUT2D eigenvalue weighted by atomic mass is 10.1. The average molecular weight is 606 g/mol. The minimum atomic E-state index is -4.75. The van der Waals surface area contributed by atoms with Crippen molar-refractivity contribution in [3.05, 3.63) is 90.0 Å². The van der Waals surface area contributed by atoms with Crippen molar-refractivity contribution < 1.29 is 35.9 Å². The van der Waals surface area contributed by atoms with E-state index in [0.717, 1.165) is 12.1 Å². The van der Waals surface area contributed by atoms with E-state index in [2.05, 4.69) is 5.32 Å². The van der Waals surface area contributed by atoms with Gasteiger partial charge in [-0.1, -0.05) is 43.3 Å². The number of ether oxygens (including phenoxy) is 1. The Labute approximate surface area is 244 Å². The SMILES string of the molecule is CCC(C(=O)NC(C)C)N(Cc1ccc(OC)cc1)C(=O)CN(c1cccc(C(F)(F)F)c1)S(=O)(=O)c1ccccc1. The number of hydrogen-bond acceptors (Lipinski definition) is 5. The first-order chi connectivity index (χ1) is 19.8. The average Bonchev–Trinajstić information content (AvgIpc) is 2.95. The van der Waals surface area contributed by atoms with Crippen LogP contribution < -0.4 is 14.4 Å². The molecule has 0 bridgehead atoms. The minimum Gasteiger partial charge on any atom is -0.497 e. The highest BCUT2D eigenvalue weighted by atomic mass is 32.2. The smallest absolute Gasteiger partial charge is 0.416 e. The lowest BCUT2D eigenvalue weighted by Crippen LogP contribution is -2.53. The molecule has 0 aliphatic carbocycles. The van der Waals surface area contributed by atoms with Gasteiger partial charge < -0.3 is 15.0 Å². The maximum Gasteiger partial charge on any atom is 0.416 e. The third kappa shape index (κ3) is 8.03. The predicted molar refractivity (Wildman–Crippen MR) is 153 cm³/mol. The van der Waals surface area contributed by atoms with Gasteiger partial charge in [-0.25, -0.2) is 8.42 Å². The number of carbonyl (C=O) groups is 2. The van der Waals surface area contributed by atoms with E-state index in [4.69, 9.17) is 4.74 Å². The van der Waals surface area contributed by atoms with Gasteiger partial charge in [-0.2, -0.15) is 13.2 Å². The standard InChI is InChI=1S/C30H34F3N3O5S/c1-5-27(29(38)34-21(2)3)35(19-22-14-16-25(41-4)17-15-22)28(37)20-36(42(39,40)26-12-7-6-8-13-26)24-11-9-10-23(18-24)30(31,32)33/h6-18,21,27H,5,19-20H2,1-4H3,(H,34,38). The van der Waals surface area contributed by atoms with Crippen molar-refractivity contribution in [3.8, 4) is 5.75 Å². The lowest BCUT2D eigenvalue weighted by molar-refractivity contribution is -0.140. The largest absolute Gasteiger partial charge is 0.497 e. The highest BCUT2D eigenvalue weighted by molar-refractivity contribution is 7.92. The molecule has 3 aromatic carbocycles. The van der Waals surface area contributed by atoms with E-state index in [0.29, 0.717) is 21.7 Å². The molecule has 12 heteroatoms. The van der Waals surface area contributed by atoms with Gasteiger partial charge >= 0.3 is 6.18 Å². The van der Waals surface area contributed by atoms with Crippen LogP contribution in [0.25, 0.3) is 0 Å². The molecular weight excluding hydrogens is 571 g/mol. The number of sulfonamides is 1. The Balaban J connectivity index is 2.10. The number of methoxy groups -OCH3 is 1. The van der Waals surface area contributed by atoms with Crippen molar-refractivity contribution in [2.24, 2.45) is 0 Å². The summed E-state index contributed by atoms with van der Waals surface area (Å²) in [6, 6.07) is 16.5. The molecule has 0 aliphatic rings. The third-order valence-corrected chi connectivity index (χ3v) is 8.19. The normalized spacial score (nSPS) is 12.5. The number of carbonyl (C=O) groups excluding carboxylic acids is 2. The van der Waals surface area contributed by atoms with E-state index in [1.54, 1.807) is 51.1 Å². The van der Waals surface area contributed by atoms with Crippen LogP contribution in [0.15, 0.2) is 83.8 Å². The molecule has 1 N–H and O–H groups in total. The van der Waals surface area contributed by atoms with Crippen LogP contribution >= 0.6 is 0 Å². The van der Waals surface area contributed by atoms with E-state index < -0.39 is 46.2 Å². The molecule has 0 heterocycles. The Kier molecular flexibility index (Phi) is 10.6. The molecule has 0 fully saturated rings. The maximum absolute atomic E-state index is 14.0. The molecule has 0 spiro atoms. The fraction of sp³-hybridized carbons (Fsp3) is 0.333. The number of benzene rings is 3. The molecule has 3 rings (SSSR count). The second-order valence-corrected chi connectivity index (χ2v) is 11.7. The first-order valence-corrected chi connectivity index (χ1v) is 14.7. The molecule has 3 aromatic rings. The van der Waals surface area contributed by atoms with E-state index in [-0.39, 0.29) is 29.6 Å². The molecule has 0 saturated carbocycles. The van der Waals surface area contributed by atoms with E-state index >= 15 is 0 Å². The number of halogens is 3. The molecule has 0 aromatic heterocycles. The summed E-state index contributed by atoms with van der Waals surface area (Å²) in [5, 5.41) is 2.79. The molecule has 2 amide bonds. The summed E-state index contributed by atoms with van der Waals surface area (Å²) in [7, 11) is -2.99. The monoisotopic (exact) mass is 605 g/mol. The summed E-state index contributed by atoms with van der Waals surface area (Å²) in [5.41, 5.74) is -0.777. The van der Waals surface area contributed by atoms with Crippen LogP contribution in [-0.4, -0.2) is 50.9 Å². The first-order valence-electron chi connectivity index (χ1n) is 13.3. The molecule has 8 nitrogen and oxygen atoms in total. The second-order valence-electron chi connectivity index (χ2n) is 9.83. The molecule has 1 unspecified atom stereocenters. The second kappa shape index (κ2) is 13.7. The Morgan fingerprint density at radius 1 is 0.952 bits per heavy atom. The van der Waals surface area contributed by atoms with Crippen LogP contribution in [0.5, 0.6) is 5.75 Å². The van der Waals surface area contributed by atoms with Crippen molar-refractivity contribution in [2.45, 2.75) is 56.9 Å². The predicted octanol–water partition coefficient (Wildman–Crippen LogP) is 5.24. The molecular formula is C30H34F3N3O5S. The number of nitrogens with one attached hydrogen (secondary N) is 1. The fourth-order valence-corrected chi connectivity index (χ4v) is 5.74. The molecule has 226 valence electrons. The van der Waals surface area contributed by atoms with Gasteiger partial charge in [0, 0.05) is 12.6 Å². The zero-order chi connectivity index (χ0) is 31.1. The summed E-state index contributed by atoms with van der Waals surface area (Å²) in [6.07, 6.45) is -4.54. The highest BCUT2D eigenvalue weighted by Gasteiger charge is 2.36. The van der Waals surface area contributed by atoms with Crippen LogP contribution in [0.4, 0.5) is 18.9 Å². The zero-order valence-corrected chi connectivity index (χ0v) is 24.6. The van der Waals surface area contributed by atoms with Gasteiger partial charge in [-0.3, -0.25) is 13.9 Å². The summed E-state index contributed by atoms with van der Waals surface area (Å²) < 4.78 is 74.2. The van der Waals surface area contributed by atoms with Gasteiger partial charge in [-0.15, -0.1) is 0 Å². The lowest BCUT2D eigenvalue weighted by Gasteiger charge is -2.33. The number of rotatable bonds is 12. The molecule has 0 radical (unpaired) electrons. The van der Waals surface area contributed by atoms with Gasteiger partial charge in [-0.05, 0) is 68.3 Å². The number of hydrogen-bond donors (Lipinski definition) is 1. The van der Waals surface area contributed by atoms with E-state index in [1.165, 1.54) is 42.3 Å². The van der Waals surface area contributed by atoms with Crippen LogP contribution in [0.3, 0.4) is 0 Å². The van der Waals surface area contributed by atoms with Crippen LogP contribution in [0.2, 0.25) is 0 Å². The van der Waals surface area contributed by atoms with Gasteiger partial charge in [0.1, 0.15) is 18.3 Å². The number of alkyl halides is 3. The van der Waals surface area contributed by atoms with Crippen LogP contribution in [0.1, 0.15) is 38.3 Å². The van der Waals surface area contributed by atoms with Gasteiger partial charge in [0.05, 0.1) is 23.3 Å². The number of anilines is 1. The van der Waals surface area contributed by atoms with Crippen molar-refractivity contribution in [2.75, 3.05) is 18.0 Å². The van der Waals surface area contributed by atoms with Gasteiger partial charge in [0.15, 0.2) is 0 Å². The third-order valence-electron chi connectivity index (χ3n) is 6.40. The minimum absolute atomic E-state index is 0.0608. The Hall–Kier alpha value is -4.06. The number of nitrogens with zero attached hydrogens (tertiary/aromatic N) is 2. The van der Waals surface area contributed by atoms with Crippen molar-refractivity contribution in [1.29, 1.82) is 0 Å². The van der Waals surface area contributed by atoms with Crippen LogP contribution in [-0.2, 0) is 32.3 Å². The van der Waals surface area contributed by atoms with E-state index in [9.17, 15) is 31.2 Å². The van der Waals surface area contributed by atoms with Crippen molar-refractivity contribution >= 4 is 27.5 Å². The summed E-state index contributed by atoms with van der Waals surface area (Å²) >= 11 is 0. The maximum atomic E-state index is 14.0. The molecule has 0 saturated heterocycles. The van der Waals surface area contributed by atoms with Crippen LogP contribution in [0, 0.1) is 0 Å². The number of amides is 2. The highest BCUT2D eigenvalue weighted by Crippen LogP contribution is 2.33. The van der Waals surface area contributed by atoms with Crippen molar-refractivity contribution in [1.82, 2.24) is 10.2 Å². The quantitative estimate of drug-likeness (QED) is 0.305. The Bertz CT molecular complexity index is 1460. The topological polar surface area (TPSA) is 96.0 Å². The first kappa shape index (κ1) is 32.5. The van der Waals surface area contributed by atoms with E-state index in [1.807, 2.05) is 0 Å². The zero-order valence-electron chi connectivity index (χ0n) is 23.8. The molecule has 1 atom stereocenters. The molecule has 0 aliphatic heterocycles. The summed E-state index contributed by atoms with van der Waals surface area (Å²) in [4.78, 5) is 28.2. The molecule has 42 heavy (non-hydrogen) atoms.